The Labute approximate surface area is 160 Å². The van der Waals surface area contributed by atoms with Gasteiger partial charge in [-0.2, -0.15) is 0 Å². The van der Waals surface area contributed by atoms with Gasteiger partial charge in [0.25, 0.3) is 0 Å². The minimum absolute atomic E-state index is 0.256. The number of unbranched alkanes of at least 4 members (excludes halogenated alkanes) is 1. The fourth-order valence-corrected chi connectivity index (χ4v) is 5.36. The van der Waals surface area contributed by atoms with Crippen molar-refractivity contribution in [3.8, 4) is 0 Å². The highest BCUT2D eigenvalue weighted by Crippen LogP contribution is 2.32. The van der Waals surface area contributed by atoms with Crippen LogP contribution >= 0.6 is 0 Å². The summed E-state index contributed by atoms with van der Waals surface area (Å²) in [5.74, 6) is 0.256. The molecule has 2 aromatic rings. The molecule has 4 N–H and O–H groups in total. The number of hydrogen-bond acceptors (Lipinski definition) is 8. The molecule has 1 saturated heterocycles. The first-order valence-corrected chi connectivity index (χ1v) is 11.1. The number of rotatable bonds is 8. The summed E-state index contributed by atoms with van der Waals surface area (Å²) in [7, 11) is -0.991. The van der Waals surface area contributed by atoms with Crippen molar-refractivity contribution in [3.05, 3.63) is 12.7 Å². The van der Waals surface area contributed by atoms with Crippen molar-refractivity contribution in [2.45, 2.75) is 69.7 Å². The van der Waals surface area contributed by atoms with E-state index in [0.29, 0.717) is 16.7 Å². The van der Waals surface area contributed by atoms with Crippen LogP contribution in [0.1, 0.15) is 39.8 Å². The molecule has 0 aromatic carbocycles. The van der Waals surface area contributed by atoms with E-state index in [4.69, 9.17) is 14.9 Å². The summed E-state index contributed by atoms with van der Waals surface area (Å²) in [4.78, 5) is 12.3. The number of nitrogens with zero attached hydrogens (tertiary/aromatic N) is 4. The molecule has 10 heteroatoms. The van der Waals surface area contributed by atoms with Crippen LogP contribution in [0.15, 0.2) is 12.7 Å². The molecule has 0 saturated carbocycles. The zero-order valence-electron chi connectivity index (χ0n) is 15.9. The van der Waals surface area contributed by atoms with Crippen molar-refractivity contribution in [1.82, 2.24) is 19.5 Å². The monoisotopic (exact) mass is 394 g/mol. The highest BCUT2D eigenvalue weighted by Gasteiger charge is 2.44. The lowest BCUT2D eigenvalue weighted by atomic mass is 10.1. The zero-order chi connectivity index (χ0) is 19.6. The van der Waals surface area contributed by atoms with Crippen molar-refractivity contribution in [3.63, 3.8) is 0 Å². The second kappa shape index (κ2) is 8.61. The number of nitrogen functional groups attached to an aromatic ring is 1. The van der Waals surface area contributed by atoms with Gasteiger partial charge in [0.15, 0.2) is 17.7 Å². The molecule has 4 atom stereocenters. The number of aliphatic hydroxyl groups is 2. The smallest absolute Gasteiger partial charge is 0.214 e. The minimum atomic E-state index is -1.11. The predicted molar refractivity (Wildman–Crippen MR) is 102 cm³/mol. The Balaban J connectivity index is 1.71. The van der Waals surface area contributed by atoms with Crippen LogP contribution in [0.2, 0.25) is 11.6 Å². The Morgan fingerprint density at radius 3 is 2.78 bits per heavy atom. The standard InChI is InChI=1S/C17H28N5O4Si/c1-4-5-6-27(10(2)3)25-7-11-13(23)14(24)17(26-11)22-9-21-12-15(18)19-8-20-16(12)22/h8-11,13-14,17,23-24H,4-7H2,1-3H3,(H2,18,19,20)/t11-,13-,14+,17-/m1/s1. The largest absolute Gasteiger partial charge is 0.414 e. The molecule has 1 fully saturated rings. The van der Waals surface area contributed by atoms with Gasteiger partial charge in [0.2, 0.25) is 9.04 Å². The third kappa shape index (κ3) is 4.14. The number of hydrogen-bond donors (Lipinski definition) is 3. The Morgan fingerprint density at radius 2 is 2.07 bits per heavy atom. The van der Waals surface area contributed by atoms with Crippen LogP contribution in [0, 0.1) is 0 Å². The topological polar surface area (TPSA) is 129 Å². The van der Waals surface area contributed by atoms with Crippen molar-refractivity contribution in [2.24, 2.45) is 0 Å². The van der Waals surface area contributed by atoms with Crippen molar-refractivity contribution >= 4 is 26.0 Å². The molecule has 2 aromatic heterocycles. The molecule has 3 rings (SSSR count). The summed E-state index contributed by atoms with van der Waals surface area (Å²) in [5.41, 5.74) is 7.17. The Bertz CT molecular complexity index is 758. The van der Waals surface area contributed by atoms with Gasteiger partial charge >= 0.3 is 0 Å². The fourth-order valence-electron chi connectivity index (χ4n) is 3.22. The van der Waals surface area contributed by atoms with Gasteiger partial charge in [-0.25, -0.2) is 15.0 Å². The predicted octanol–water partition coefficient (Wildman–Crippen LogP) is 1.25. The van der Waals surface area contributed by atoms with E-state index >= 15 is 0 Å². The highest BCUT2D eigenvalue weighted by atomic mass is 28.3. The average molecular weight is 395 g/mol. The highest BCUT2D eigenvalue weighted by molar-refractivity contribution is 6.53. The summed E-state index contributed by atoms with van der Waals surface area (Å²) in [6.07, 6.45) is 1.51. The summed E-state index contributed by atoms with van der Waals surface area (Å²) in [6.45, 7) is 6.75. The number of fused-ring (bicyclic) bond motifs is 1. The minimum Gasteiger partial charge on any atom is -0.414 e. The van der Waals surface area contributed by atoms with Crippen LogP contribution in [-0.2, 0) is 9.16 Å². The normalized spacial score (nSPS) is 25.9. The first-order valence-electron chi connectivity index (χ1n) is 9.37. The van der Waals surface area contributed by atoms with E-state index in [-0.39, 0.29) is 12.4 Å². The molecule has 27 heavy (non-hydrogen) atoms. The third-order valence-electron chi connectivity index (χ3n) is 4.85. The van der Waals surface area contributed by atoms with E-state index in [1.165, 1.54) is 12.7 Å². The number of aliphatic hydroxyl groups excluding tert-OH is 2. The maximum atomic E-state index is 10.5. The van der Waals surface area contributed by atoms with E-state index in [1.54, 1.807) is 4.57 Å². The van der Waals surface area contributed by atoms with Gasteiger partial charge in [-0.05, 0) is 11.6 Å². The van der Waals surface area contributed by atoms with E-state index in [9.17, 15) is 10.2 Å². The number of aromatic nitrogens is 4. The van der Waals surface area contributed by atoms with Gasteiger partial charge in [-0.1, -0.05) is 33.6 Å². The van der Waals surface area contributed by atoms with E-state index in [1.807, 2.05) is 0 Å². The molecule has 1 radical (unpaired) electrons. The zero-order valence-corrected chi connectivity index (χ0v) is 16.9. The van der Waals surface area contributed by atoms with Crippen LogP contribution in [0.5, 0.6) is 0 Å². The molecule has 9 nitrogen and oxygen atoms in total. The van der Waals surface area contributed by atoms with Crippen molar-refractivity contribution in [2.75, 3.05) is 12.3 Å². The van der Waals surface area contributed by atoms with Gasteiger partial charge in [-0.15, -0.1) is 0 Å². The van der Waals surface area contributed by atoms with Crippen molar-refractivity contribution in [1.29, 1.82) is 0 Å². The average Bonchev–Trinajstić information content (AvgIpc) is 3.18. The van der Waals surface area contributed by atoms with Crippen LogP contribution in [0.3, 0.4) is 0 Å². The fraction of sp³-hybridized carbons (Fsp3) is 0.706. The lowest BCUT2D eigenvalue weighted by Crippen LogP contribution is -2.36. The van der Waals surface area contributed by atoms with E-state index in [0.717, 1.165) is 18.9 Å². The number of imidazole rings is 1. The molecule has 149 valence electrons. The van der Waals surface area contributed by atoms with Crippen LogP contribution in [0.25, 0.3) is 11.2 Å². The molecule has 3 heterocycles. The molecule has 1 aliphatic rings. The molecule has 0 spiro atoms. The summed E-state index contributed by atoms with van der Waals surface area (Å²) < 4.78 is 13.6. The molecule has 1 aliphatic heterocycles. The number of nitrogens with two attached hydrogens (primary N) is 1. The van der Waals surface area contributed by atoms with Gasteiger partial charge in [0.1, 0.15) is 30.2 Å². The van der Waals surface area contributed by atoms with Crippen LogP contribution in [0.4, 0.5) is 5.82 Å². The van der Waals surface area contributed by atoms with Gasteiger partial charge < -0.3 is 25.1 Å². The molecule has 0 aliphatic carbocycles. The van der Waals surface area contributed by atoms with E-state index in [2.05, 4.69) is 35.7 Å². The maximum Gasteiger partial charge on any atom is 0.214 e. The Morgan fingerprint density at radius 1 is 1.30 bits per heavy atom. The molecular weight excluding hydrogens is 366 g/mol. The Kier molecular flexibility index (Phi) is 6.43. The number of ether oxygens (including phenoxy) is 1. The summed E-state index contributed by atoms with van der Waals surface area (Å²) in [5, 5.41) is 20.9. The van der Waals surface area contributed by atoms with Gasteiger partial charge in [0, 0.05) is 0 Å². The second-order valence-corrected chi connectivity index (χ2v) is 10.0. The Hall–Kier alpha value is -1.59. The quantitative estimate of drug-likeness (QED) is 0.571. The van der Waals surface area contributed by atoms with Gasteiger partial charge in [0.05, 0.1) is 12.9 Å². The van der Waals surface area contributed by atoms with Crippen LogP contribution < -0.4 is 5.73 Å². The first kappa shape index (κ1) is 20.1. The molecule has 0 bridgehead atoms. The molecule has 0 amide bonds. The van der Waals surface area contributed by atoms with Crippen LogP contribution in [-0.4, -0.2) is 63.7 Å². The lowest BCUT2D eigenvalue weighted by Gasteiger charge is -2.22. The SMILES string of the molecule is CCCC[Si](OC[C@H]1O[C@@H](n2cnc3c(N)ncnc32)[C@@H](O)[C@@H]1O)C(C)C. The summed E-state index contributed by atoms with van der Waals surface area (Å²) in [6, 6.07) is 1.07. The van der Waals surface area contributed by atoms with Gasteiger partial charge in [-0.3, -0.25) is 4.57 Å². The first-order chi connectivity index (χ1) is 12.9. The molecule has 0 unspecified atom stereocenters. The molecular formula is C17H28N5O4Si. The third-order valence-corrected chi connectivity index (χ3v) is 7.52. The maximum absolute atomic E-state index is 10.5. The second-order valence-electron chi connectivity index (χ2n) is 7.16. The van der Waals surface area contributed by atoms with Crippen molar-refractivity contribution < 1.29 is 19.4 Å². The lowest BCUT2D eigenvalue weighted by molar-refractivity contribution is -0.0481. The van der Waals surface area contributed by atoms with E-state index < -0.39 is 33.6 Å². The number of anilines is 1. The summed E-state index contributed by atoms with van der Waals surface area (Å²) >= 11 is 0.